The highest BCUT2D eigenvalue weighted by Gasteiger charge is 2.44. The van der Waals surface area contributed by atoms with E-state index in [0.717, 1.165) is 24.8 Å². The van der Waals surface area contributed by atoms with E-state index in [9.17, 15) is 9.90 Å². The summed E-state index contributed by atoms with van der Waals surface area (Å²) in [6.07, 6.45) is 4.17. The predicted octanol–water partition coefficient (Wildman–Crippen LogP) is 3.14. The zero-order valence-corrected chi connectivity index (χ0v) is 13.5. The average Bonchev–Trinajstić information content (AvgIpc) is 2.55. The second kappa shape index (κ2) is 7.01. The van der Waals surface area contributed by atoms with Crippen molar-refractivity contribution in [2.45, 2.75) is 44.1 Å². The summed E-state index contributed by atoms with van der Waals surface area (Å²) >= 11 is 0. The molecule has 1 aromatic carbocycles. The summed E-state index contributed by atoms with van der Waals surface area (Å²) in [5, 5.41) is 9.88. The maximum Gasteiger partial charge on any atom is 0.314 e. The van der Waals surface area contributed by atoms with E-state index < -0.39 is 11.4 Å². The van der Waals surface area contributed by atoms with E-state index in [4.69, 9.17) is 14.2 Å². The Hall–Kier alpha value is -1.75. The minimum Gasteiger partial charge on any atom is -0.493 e. The lowest BCUT2D eigenvalue weighted by Gasteiger charge is -2.35. The molecule has 0 aliphatic heterocycles. The molecule has 0 saturated heterocycles. The zero-order chi connectivity index (χ0) is 16.2. The predicted molar refractivity (Wildman–Crippen MR) is 82.7 cm³/mol. The summed E-state index contributed by atoms with van der Waals surface area (Å²) in [5.41, 5.74) is 0.670. The van der Waals surface area contributed by atoms with E-state index in [-0.39, 0.29) is 0 Å². The Kier molecular flexibility index (Phi) is 5.29. The van der Waals surface area contributed by atoms with Gasteiger partial charge in [-0.25, -0.2) is 0 Å². The fourth-order valence-electron chi connectivity index (χ4n) is 3.43. The van der Waals surface area contributed by atoms with Crippen LogP contribution in [0.3, 0.4) is 0 Å². The first kappa shape index (κ1) is 16.6. The van der Waals surface area contributed by atoms with Crippen molar-refractivity contribution < 1.29 is 24.1 Å². The van der Waals surface area contributed by atoms with Crippen molar-refractivity contribution in [3.63, 3.8) is 0 Å². The van der Waals surface area contributed by atoms with E-state index in [2.05, 4.69) is 0 Å². The Morgan fingerprint density at radius 2 is 1.73 bits per heavy atom. The first-order valence-electron chi connectivity index (χ1n) is 7.57. The van der Waals surface area contributed by atoms with Crippen molar-refractivity contribution in [1.29, 1.82) is 0 Å². The third kappa shape index (κ3) is 2.77. The molecule has 0 radical (unpaired) electrons. The Morgan fingerprint density at radius 1 is 1.09 bits per heavy atom. The lowest BCUT2D eigenvalue weighted by molar-refractivity contribution is -0.145. The van der Waals surface area contributed by atoms with Crippen molar-refractivity contribution >= 4 is 5.97 Å². The molecule has 22 heavy (non-hydrogen) atoms. The molecule has 0 heterocycles. The fraction of sp³-hybridized carbons (Fsp3) is 0.588. The molecule has 2 rings (SSSR count). The Morgan fingerprint density at radius 3 is 2.23 bits per heavy atom. The molecule has 5 heteroatoms. The number of aliphatic carboxylic acids is 1. The first-order valence-corrected chi connectivity index (χ1v) is 7.57. The molecule has 0 amide bonds. The van der Waals surface area contributed by atoms with Crippen LogP contribution >= 0.6 is 0 Å². The number of hydrogen-bond donors (Lipinski definition) is 1. The summed E-state index contributed by atoms with van der Waals surface area (Å²) in [5.74, 6) is 0.293. The van der Waals surface area contributed by atoms with Gasteiger partial charge in [0, 0.05) is 18.2 Å². The van der Waals surface area contributed by atoms with Crippen molar-refractivity contribution in [3.05, 3.63) is 23.3 Å². The number of rotatable bonds is 6. The normalized spacial score (nSPS) is 17.0. The van der Waals surface area contributed by atoms with Gasteiger partial charge in [-0.05, 0) is 12.8 Å². The van der Waals surface area contributed by atoms with Crippen LogP contribution in [0.25, 0.3) is 0 Å². The van der Waals surface area contributed by atoms with E-state index >= 15 is 0 Å². The van der Waals surface area contributed by atoms with Gasteiger partial charge < -0.3 is 19.3 Å². The molecule has 1 aliphatic rings. The van der Waals surface area contributed by atoms with E-state index in [1.807, 2.05) is 12.1 Å². The molecular weight excluding hydrogens is 284 g/mol. The highest BCUT2D eigenvalue weighted by atomic mass is 16.5. The highest BCUT2D eigenvalue weighted by molar-refractivity contribution is 5.83. The number of hydrogen-bond acceptors (Lipinski definition) is 4. The number of carboxylic acid groups (broad SMARTS) is 1. The molecule has 0 unspecified atom stereocenters. The molecular formula is C17H24O5. The topological polar surface area (TPSA) is 65.0 Å². The average molecular weight is 308 g/mol. The summed E-state index contributed by atoms with van der Waals surface area (Å²) in [7, 11) is 4.73. The van der Waals surface area contributed by atoms with Crippen LogP contribution in [0.5, 0.6) is 11.5 Å². The van der Waals surface area contributed by atoms with Gasteiger partial charge in [0.25, 0.3) is 0 Å². The molecule has 0 bridgehead atoms. The van der Waals surface area contributed by atoms with Gasteiger partial charge >= 0.3 is 5.97 Å². The summed E-state index contributed by atoms with van der Waals surface area (Å²) in [6.45, 7) is 0.389. The van der Waals surface area contributed by atoms with Crippen LogP contribution in [0.2, 0.25) is 0 Å². The van der Waals surface area contributed by atoms with Gasteiger partial charge in [0.15, 0.2) is 11.5 Å². The number of benzene rings is 1. The molecule has 1 saturated carbocycles. The zero-order valence-electron chi connectivity index (χ0n) is 13.5. The largest absolute Gasteiger partial charge is 0.493 e. The van der Waals surface area contributed by atoms with Crippen LogP contribution in [0.1, 0.15) is 43.2 Å². The molecule has 0 atom stereocenters. The number of ether oxygens (including phenoxy) is 3. The van der Waals surface area contributed by atoms with Gasteiger partial charge in [0.1, 0.15) is 0 Å². The van der Waals surface area contributed by atoms with Gasteiger partial charge in [-0.1, -0.05) is 31.4 Å². The van der Waals surface area contributed by atoms with E-state index in [0.29, 0.717) is 36.5 Å². The molecule has 5 nitrogen and oxygen atoms in total. The van der Waals surface area contributed by atoms with Crippen LogP contribution in [0.15, 0.2) is 12.1 Å². The van der Waals surface area contributed by atoms with Gasteiger partial charge in [0.2, 0.25) is 0 Å². The van der Waals surface area contributed by atoms with Gasteiger partial charge in [-0.3, -0.25) is 4.79 Å². The summed E-state index contributed by atoms with van der Waals surface area (Å²) in [4.78, 5) is 12.0. The van der Waals surface area contributed by atoms with Crippen molar-refractivity contribution in [2.75, 3.05) is 21.3 Å². The molecule has 0 spiro atoms. The van der Waals surface area contributed by atoms with Gasteiger partial charge in [-0.2, -0.15) is 0 Å². The fourth-order valence-corrected chi connectivity index (χ4v) is 3.43. The second-order valence-corrected chi connectivity index (χ2v) is 5.72. The molecule has 0 aromatic heterocycles. The Balaban J connectivity index is 2.60. The lowest BCUT2D eigenvalue weighted by atomic mass is 9.69. The van der Waals surface area contributed by atoms with Crippen molar-refractivity contribution in [1.82, 2.24) is 0 Å². The standard InChI is InChI=1S/C17H24O5/c1-20-11-12-7-8-13(15(22-3)14(12)21-2)17(16(18)19)9-5-4-6-10-17/h7-8H,4-6,9-11H2,1-3H3,(H,18,19). The molecule has 122 valence electrons. The molecule has 1 N–H and O–H groups in total. The number of methoxy groups -OCH3 is 3. The number of carboxylic acids is 1. The quantitative estimate of drug-likeness (QED) is 0.874. The van der Waals surface area contributed by atoms with E-state index in [1.54, 1.807) is 21.3 Å². The van der Waals surface area contributed by atoms with Crippen LogP contribution in [0, 0.1) is 0 Å². The minimum absolute atomic E-state index is 0.389. The van der Waals surface area contributed by atoms with Gasteiger partial charge in [0.05, 0.1) is 26.2 Å². The third-order valence-electron chi connectivity index (χ3n) is 4.53. The van der Waals surface area contributed by atoms with Crippen LogP contribution in [-0.4, -0.2) is 32.4 Å². The SMILES string of the molecule is COCc1ccc(C2(C(=O)O)CCCCC2)c(OC)c1OC. The van der Waals surface area contributed by atoms with Crippen molar-refractivity contribution in [2.24, 2.45) is 0 Å². The van der Waals surface area contributed by atoms with Crippen LogP contribution in [0.4, 0.5) is 0 Å². The maximum absolute atomic E-state index is 12.0. The lowest BCUT2D eigenvalue weighted by Crippen LogP contribution is -2.38. The smallest absolute Gasteiger partial charge is 0.314 e. The second-order valence-electron chi connectivity index (χ2n) is 5.72. The number of carbonyl (C=O) groups is 1. The van der Waals surface area contributed by atoms with Crippen LogP contribution < -0.4 is 9.47 Å². The van der Waals surface area contributed by atoms with Crippen molar-refractivity contribution in [3.8, 4) is 11.5 Å². The molecule has 1 aliphatic carbocycles. The Labute approximate surface area is 131 Å². The highest BCUT2D eigenvalue weighted by Crippen LogP contribution is 2.47. The first-order chi connectivity index (χ1) is 10.6. The summed E-state index contributed by atoms with van der Waals surface area (Å²) < 4.78 is 16.2. The molecule has 1 fully saturated rings. The Bertz CT molecular complexity index is 532. The monoisotopic (exact) mass is 308 g/mol. The van der Waals surface area contributed by atoms with Crippen LogP contribution in [-0.2, 0) is 21.6 Å². The summed E-state index contributed by atoms with van der Waals surface area (Å²) in [6, 6.07) is 3.73. The minimum atomic E-state index is -0.886. The van der Waals surface area contributed by atoms with Gasteiger partial charge in [-0.15, -0.1) is 0 Å². The third-order valence-corrected chi connectivity index (χ3v) is 4.53. The molecule has 1 aromatic rings. The maximum atomic E-state index is 12.0. The van der Waals surface area contributed by atoms with E-state index in [1.165, 1.54) is 0 Å².